The normalized spacial score (nSPS) is 24.9. The number of carbonyl (C=O) groups excluding carboxylic acids is 1. The van der Waals surface area contributed by atoms with Gasteiger partial charge in [0, 0.05) is 45.3 Å². The van der Waals surface area contributed by atoms with E-state index in [-0.39, 0.29) is 5.91 Å². The van der Waals surface area contributed by atoms with Crippen molar-refractivity contribution in [3.8, 4) is 6.07 Å². The molecule has 2 bridgehead atoms. The number of aromatic nitrogens is 2. The van der Waals surface area contributed by atoms with Crippen LogP contribution in [0.3, 0.4) is 0 Å². The number of carbonyl (C=O) groups is 1. The maximum atomic E-state index is 12.7. The third kappa shape index (κ3) is 6.43. The second-order valence-electron chi connectivity index (χ2n) is 11.1. The molecule has 9 heteroatoms. The molecule has 0 radical (unpaired) electrons. The van der Waals surface area contributed by atoms with Crippen molar-refractivity contribution in [3.63, 3.8) is 0 Å². The fourth-order valence-corrected chi connectivity index (χ4v) is 6.51. The minimum atomic E-state index is 0.230. The zero-order valence-electron chi connectivity index (χ0n) is 22.4. The topological polar surface area (TPSA) is 118 Å². The van der Waals surface area contributed by atoms with Gasteiger partial charge in [-0.3, -0.25) is 4.79 Å². The van der Waals surface area contributed by atoms with Gasteiger partial charge in [0.25, 0.3) is 0 Å². The van der Waals surface area contributed by atoms with E-state index in [4.69, 9.17) is 0 Å². The summed E-state index contributed by atoms with van der Waals surface area (Å²) in [5.41, 5.74) is 2.88. The van der Waals surface area contributed by atoms with Gasteiger partial charge >= 0.3 is 0 Å². The molecule has 1 saturated heterocycles. The Kier molecular flexibility index (Phi) is 8.72. The standard InChI is InChI=1S/C29H40N8O/c1-20-5-2-3-6-24(20)17-34-29-35-18-25(15-30)28(36-29)33-16-21-13-22-7-4-8-23(14-21)27(22)32-19-26(38)37-11-9-31-10-12-37/h2-3,5-6,18,21-23,27,31-32H,4,7-14,16-17,19H2,1H3,(H2,33,34,35,36)/t21?,22-,23+,27?. The van der Waals surface area contributed by atoms with Crippen molar-refractivity contribution < 1.29 is 4.79 Å². The lowest BCUT2D eigenvalue weighted by Crippen LogP contribution is -2.54. The van der Waals surface area contributed by atoms with Crippen molar-refractivity contribution in [1.82, 2.24) is 25.5 Å². The highest BCUT2D eigenvalue weighted by Crippen LogP contribution is 2.43. The summed E-state index contributed by atoms with van der Waals surface area (Å²) < 4.78 is 0. The van der Waals surface area contributed by atoms with Crippen LogP contribution in [0.4, 0.5) is 11.8 Å². The van der Waals surface area contributed by atoms with Crippen molar-refractivity contribution >= 4 is 17.7 Å². The number of piperazine rings is 1. The molecule has 1 amide bonds. The van der Waals surface area contributed by atoms with Gasteiger partial charge < -0.3 is 26.2 Å². The highest BCUT2D eigenvalue weighted by Gasteiger charge is 2.40. The zero-order chi connectivity index (χ0) is 26.3. The van der Waals surface area contributed by atoms with Crippen LogP contribution in [-0.4, -0.2) is 66.1 Å². The molecule has 202 valence electrons. The van der Waals surface area contributed by atoms with Crippen LogP contribution < -0.4 is 21.3 Å². The molecule has 1 aromatic carbocycles. The predicted octanol–water partition coefficient (Wildman–Crippen LogP) is 2.90. The molecule has 9 nitrogen and oxygen atoms in total. The Labute approximate surface area is 225 Å². The Bertz CT molecular complexity index is 1130. The molecule has 1 aromatic heterocycles. The molecule has 2 heterocycles. The molecular formula is C29H40N8O. The van der Waals surface area contributed by atoms with Gasteiger partial charge in [-0.05, 0) is 61.5 Å². The quantitative estimate of drug-likeness (QED) is 0.402. The molecule has 0 spiro atoms. The van der Waals surface area contributed by atoms with E-state index in [1.807, 2.05) is 17.0 Å². The summed E-state index contributed by atoms with van der Waals surface area (Å²) >= 11 is 0. The number of aryl methyl sites for hydroxylation is 1. The number of nitriles is 1. The van der Waals surface area contributed by atoms with Crippen molar-refractivity contribution in [3.05, 3.63) is 47.2 Å². The molecule has 2 saturated carbocycles. The third-order valence-electron chi connectivity index (χ3n) is 8.56. The van der Waals surface area contributed by atoms with Crippen LogP contribution in [0.5, 0.6) is 0 Å². The van der Waals surface area contributed by atoms with Crippen LogP contribution in [0.15, 0.2) is 30.5 Å². The Balaban J connectivity index is 1.15. The molecule has 2 aromatic rings. The lowest BCUT2D eigenvalue weighted by Gasteiger charge is -2.46. The van der Waals surface area contributed by atoms with Gasteiger partial charge in [-0.2, -0.15) is 10.2 Å². The highest BCUT2D eigenvalue weighted by atomic mass is 16.2. The molecule has 1 aliphatic heterocycles. The van der Waals surface area contributed by atoms with E-state index in [1.165, 1.54) is 30.4 Å². The molecule has 2 unspecified atom stereocenters. The molecule has 3 fully saturated rings. The van der Waals surface area contributed by atoms with Gasteiger partial charge in [0.05, 0.1) is 12.7 Å². The van der Waals surface area contributed by atoms with E-state index in [0.717, 1.165) is 45.6 Å². The Morgan fingerprint density at radius 1 is 1.16 bits per heavy atom. The van der Waals surface area contributed by atoms with Crippen molar-refractivity contribution in [2.24, 2.45) is 17.8 Å². The smallest absolute Gasteiger partial charge is 0.236 e. The SMILES string of the molecule is Cc1ccccc1CNc1ncc(C#N)c(NCC2C[C@H]3CCC[C@@H](C2)C3NCC(=O)N2CCNCC2)n1. The second-order valence-corrected chi connectivity index (χ2v) is 11.1. The Hall–Kier alpha value is -3.22. The number of rotatable bonds is 9. The van der Waals surface area contributed by atoms with Gasteiger partial charge in [-0.1, -0.05) is 30.7 Å². The van der Waals surface area contributed by atoms with Crippen LogP contribution in [0.2, 0.25) is 0 Å². The number of nitrogens with zero attached hydrogens (tertiary/aromatic N) is 4. The van der Waals surface area contributed by atoms with Crippen LogP contribution >= 0.6 is 0 Å². The summed E-state index contributed by atoms with van der Waals surface area (Å²) in [7, 11) is 0. The molecule has 2 aliphatic carbocycles. The molecular weight excluding hydrogens is 476 g/mol. The van der Waals surface area contributed by atoms with E-state index < -0.39 is 0 Å². The van der Waals surface area contributed by atoms with E-state index in [9.17, 15) is 10.1 Å². The first-order valence-electron chi connectivity index (χ1n) is 14.1. The van der Waals surface area contributed by atoms with Gasteiger partial charge in [0.2, 0.25) is 11.9 Å². The maximum absolute atomic E-state index is 12.7. The van der Waals surface area contributed by atoms with Crippen LogP contribution in [0.1, 0.15) is 48.8 Å². The second kappa shape index (κ2) is 12.5. The number of nitrogens with one attached hydrogen (secondary N) is 4. The maximum Gasteiger partial charge on any atom is 0.236 e. The van der Waals surface area contributed by atoms with Gasteiger partial charge in [0.15, 0.2) is 0 Å². The average molecular weight is 517 g/mol. The number of hydrogen-bond donors (Lipinski definition) is 4. The first-order chi connectivity index (χ1) is 18.6. The van der Waals surface area contributed by atoms with Crippen LogP contribution in [0, 0.1) is 36.0 Å². The van der Waals surface area contributed by atoms with Gasteiger partial charge in [-0.25, -0.2) is 4.98 Å². The fraction of sp³-hybridized carbons (Fsp3) is 0.586. The van der Waals surface area contributed by atoms with Crippen molar-refractivity contribution in [1.29, 1.82) is 5.26 Å². The minimum Gasteiger partial charge on any atom is -0.369 e. The summed E-state index contributed by atoms with van der Waals surface area (Å²) in [6, 6.07) is 10.9. The van der Waals surface area contributed by atoms with Crippen molar-refractivity contribution in [2.75, 3.05) is 49.9 Å². The highest BCUT2D eigenvalue weighted by molar-refractivity contribution is 5.78. The summed E-state index contributed by atoms with van der Waals surface area (Å²) in [5.74, 6) is 3.06. The Morgan fingerprint density at radius 2 is 1.92 bits per heavy atom. The molecule has 3 aliphatic rings. The number of anilines is 2. The van der Waals surface area contributed by atoms with Gasteiger partial charge in [-0.15, -0.1) is 0 Å². The van der Waals surface area contributed by atoms with Crippen molar-refractivity contribution in [2.45, 2.75) is 51.6 Å². The summed E-state index contributed by atoms with van der Waals surface area (Å²) in [4.78, 5) is 23.7. The van der Waals surface area contributed by atoms with Gasteiger partial charge in [0.1, 0.15) is 17.5 Å². The monoisotopic (exact) mass is 516 g/mol. The number of benzene rings is 1. The molecule has 5 rings (SSSR count). The summed E-state index contributed by atoms with van der Waals surface area (Å²) in [6.45, 7) is 7.36. The summed E-state index contributed by atoms with van der Waals surface area (Å²) in [6.07, 6.45) is 7.58. The fourth-order valence-electron chi connectivity index (χ4n) is 6.51. The predicted molar refractivity (Wildman–Crippen MR) is 149 cm³/mol. The van der Waals surface area contributed by atoms with Crippen LogP contribution in [0.25, 0.3) is 0 Å². The number of fused-ring (bicyclic) bond motifs is 2. The molecule has 38 heavy (non-hydrogen) atoms. The largest absolute Gasteiger partial charge is 0.369 e. The average Bonchev–Trinajstić information content (AvgIpc) is 2.94. The summed E-state index contributed by atoms with van der Waals surface area (Å²) in [5, 5.41) is 23.4. The number of amides is 1. The number of hydrogen-bond acceptors (Lipinski definition) is 8. The van der Waals surface area contributed by atoms with E-state index in [0.29, 0.717) is 54.2 Å². The van der Waals surface area contributed by atoms with Crippen LogP contribution in [-0.2, 0) is 11.3 Å². The van der Waals surface area contributed by atoms with E-state index in [2.05, 4.69) is 56.4 Å². The lowest BCUT2D eigenvalue weighted by atomic mass is 9.64. The lowest BCUT2D eigenvalue weighted by molar-refractivity contribution is -0.131. The third-order valence-corrected chi connectivity index (χ3v) is 8.56. The molecule has 4 atom stereocenters. The zero-order valence-corrected chi connectivity index (χ0v) is 22.4. The first-order valence-corrected chi connectivity index (χ1v) is 14.1. The minimum absolute atomic E-state index is 0.230. The molecule has 4 N–H and O–H groups in total. The Morgan fingerprint density at radius 3 is 2.66 bits per heavy atom. The first kappa shape index (κ1) is 26.4. The van der Waals surface area contributed by atoms with E-state index in [1.54, 1.807) is 6.20 Å². The van der Waals surface area contributed by atoms with E-state index >= 15 is 0 Å².